The summed E-state index contributed by atoms with van der Waals surface area (Å²) in [7, 11) is 0.229. The minimum absolute atomic E-state index is 0.0625. The van der Waals surface area contributed by atoms with Crippen molar-refractivity contribution in [3.05, 3.63) is 53.9 Å². The van der Waals surface area contributed by atoms with Crippen molar-refractivity contribution >= 4 is 7.60 Å². The number of unbranched alkanes of at least 4 members (excludes halogenated alkanes) is 1. The summed E-state index contributed by atoms with van der Waals surface area (Å²) in [4.78, 5) is 15.9. The van der Waals surface area contributed by atoms with E-state index in [0.29, 0.717) is 18.8 Å². The van der Waals surface area contributed by atoms with Crippen LogP contribution in [0.15, 0.2) is 42.7 Å². The van der Waals surface area contributed by atoms with Crippen molar-refractivity contribution in [2.45, 2.75) is 40.2 Å². The van der Waals surface area contributed by atoms with Gasteiger partial charge in [-0.15, -0.1) is 0 Å². The third-order valence-electron chi connectivity index (χ3n) is 3.36. The fraction of sp³-hybridized carbons (Fsp3) is 0.524. The van der Waals surface area contributed by atoms with E-state index < -0.39 is 7.60 Å². The summed E-state index contributed by atoms with van der Waals surface area (Å²) in [6.07, 6.45) is 6.23. The Morgan fingerprint density at radius 3 is 2.28 bits per heavy atom. The molecule has 1 aromatic heterocycles. The Morgan fingerprint density at radius 1 is 1.21 bits per heavy atom. The molecule has 0 bridgehead atoms. The van der Waals surface area contributed by atoms with Crippen LogP contribution in [0.4, 0.5) is 0 Å². The van der Waals surface area contributed by atoms with Gasteiger partial charge < -0.3 is 19.8 Å². The maximum atomic E-state index is 9.69. The standard InChI is InChI=1S/C14H17N2O.C5H13N.C2H7O3P/c1-3-17-12-13-6-4-5-7-14(10-15)11-16(2)9-8-13;1-3-4-5-6-2;1-2-6(3,4)5/h4-9,11H,3,12H2,1-2H3;6H,3-5H2,1-2H3;2H2,1H3,(H2,3,4,5)/q+1;;. The third kappa shape index (κ3) is 22.3. The molecule has 0 aromatic carbocycles. The molecule has 0 atom stereocenters. The van der Waals surface area contributed by atoms with Crippen LogP contribution in [0.25, 0.3) is 0 Å². The zero-order valence-corrected chi connectivity index (χ0v) is 19.2. The van der Waals surface area contributed by atoms with Crippen LogP contribution in [0.2, 0.25) is 0 Å². The van der Waals surface area contributed by atoms with Gasteiger partial charge in [-0.25, -0.2) is 4.57 Å². The molecule has 0 radical (unpaired) electrons. The molecule has 7 nitrogen and oxygen atoms in total. The molecular formula is C21H37N3O4P+. The quantitative estimate of drug-likeness (QED) is 0.351. The molecule has 8 heteroatoms. The number of hydrogen-bond acceptors (Lipinski definition) is 4. The molecule has 0 spiro atoms. The van der Waals surface area contributed by atoms with Gasteiger partial charge in [-0.1, -0.05) is 38.5 Å². The molecule has 0 amide bonds. The Morgan fingerprint density at radius 2 is 1.83 bits per heavy atom. The van der Waals surface area contributed by atoms with Crippen molar-refractivity contribution < 1.29 is 23.7 Å². The lowest BCUT2D eigenvalue weighted by Crippen LogP contribution is -2.25. The first kappa shape index (κ1) is 29.4. The van der Waals surface area contributed by atoms with E-state index in [4.69, 9.17) is 19.8 Å². The van der Waals surface area contributed by atoms with Gasteiger partial charge in [-0.2, -0.15) is 5.26 Å². The molecule has 164 valence electrons. The fourth-order valence-corrected chi connectivity index (χ4v) is 1.65. The van der Waals surface area contributed by atoms with E-state index in [-0.39, 0.29) is 6.16 Å². The molecule has 1 aromatic rings. The van der Waals surface area contributed by atoms with E-state index in [1.807, 2.05) is 56.0 Å². The largest absolute Gasteiger partial charge is 0.377 e. The molecule has 0 saturated carbocycles. The van der Waals surface area contributed by atoms with Crippen molar-refractivity contribution in [2.24, 2.45) is 7.05 Å². The smallest absolute Gasteiger partial charge is 0.325 e. The van der Waals surface area contributed by atoms with Gasteiger partial charge in [-0.3, -0.25) is 4.57 Å². The van der Waals surface area contributed by atoms with E-state index in [1.54, 1.807) is 12.3 Å². The first-order chi connectivity index (χ1) is 13.7. The minimum atomic E-state index is -3.65. The van der Waals surface area contributed by atoms with Crippen molar-refractivity contribution in [3.8, 4) is 6.07 Å². The average molecular weight is 427 g/mol. The highest BCUT2D eigenvalue weighted by atomic mass is 31.2. The highest BCUT2D eigenvalue weighted by Crippen LogP contribution is 2.32. The fourth-order valence-electron chi connectivity index (χ4n) is 1.65. The van der Waals surface area contributed by atoms with Crippen LogP contribution in [0.3, 0.4) is 0 Å². The van der Waals surface area contributed by atoms with Gasteiger partial charge in [0.1, 0.15) is 18.7 Å². The van der Waals surface area contributed by atoms with E-state index in [2.05, 4.69) is 18.3 Å². The van der Waals surface area contributed by atoms with Crippen LogP contribution >= 0.6 is 7.60 Å². The van der Waals surface area contributed by atoms with Crippen molar-refractivity contribution in [1.82, 2.24) is 5.32 Å². The molecule has 29 heavy (non-hydrogen) atoms. The van der Waals surface area contributed by atoms with Crippen molar-refractivity contribution in [2.75, 3.05) is 26.4 Å². The van der Waals surface area contributed by atoms with E-state index in [9.17, 15) is 4.57 Å². The van der Waals surface area contributed by atoms with Gasteiger partial charge in [0.25, 0.3) is 0 Å². The first-order valence-corrected chi connectivity index (χ1v) is 11.5. The van der Waals surface area contributed by atoms with Crippen LogP contribution in [0.5, 0.6) is 0 Å². The number of nitrogens with one attached hydrogen (secondary N) is 1. The number of aromatic nitrogens is 1. The van der Waals surface area contributed by atoms with Gasteiger partial charge in [0, 0.05) is 18.8 Å². The number of nitrogens with zero attached hydrogens (tertiary/aromatic N) is 2. The molecule has 1 heterocycles. The van der Waals surface area contributed by atoms with E-state index in [0.717, 1.165) is 12.1 Å². The summed E-state index contributed by atoms with van der Waals surface area (Å²) in [6.45, 7) is 8.08. The SMILES string of the molecule is CCCCNC.CCOCc1ccccc(C#N)c[n+](C)cc1.CCP(=O)(O)O. The zero-order chi connectivity index (χ0) is 22.5. The molecule has 0 aliphatic heterocycles. The molecular weight excluding hydrogens is 389 g/mol. The van der Waals surface area contributed by atoms with E-state index >= 15 is 0 Å². The Hall–Kier alpha value is -1.81. The Labute approximate surface area is 175 Å². The van der Waals surface area contributed by atoms with Crippen LogP contribution < -0.4 is 9.88 Å². The van der Waals surface area contributed by atoms with Crippen LogP contribution in [-0.2, 0) is 23.0 Å². The lowest BCUT2D eigenvalue weighted by Gasteiger charge is -1.97. The first-order valence-electron chi connectivity index (χ1n) is 9.73. The van der Waals surface area contributed by atoms with Crippen LogP contribution in [0.1, 0.15) is 44.7 Å². The zero-order valence-electron chi connectivity index (χ0n) is 18.3. The second kappa shape index (κ2) is 19.5. The van der Waals surface area contributed by atoms with Crippen LogP contribution in [-0.4, -0.2) is 36.1 Å². The maximum Gasteiger partial charge on any atom is 0.325 e. The normalized spacial score (nSPS) is 9.72. The summed E-state index contributed by atoms with van der Waals surface area (Å²) in [6, 6.07) is 11.6. The summed E-state index contributed by atoms with van der Waals surface area (Å²) >= 11 is 0. The van der Waals surface area contributed by atoms with Gasteiger partial charge in [0.2, 0.25) is 0 Å². The molecule has 0 saturated heterocycles. The topological polar surface area (TPSA) is 106 Å². The minimum Gasteiger partial charge on any atom is -0.377 e. The van der Waals surface area contributed by atoms with Crippen molar-refractivity contribution in [1.29, 1.82) is 5.26 Å². The lowest BCUT2D eigenvalue weighted by molar-refractivity contribution is -0.671. The molecule has 0 aliphatic rings. The third-order valence-corrected chi connectivity index (χ3v) is 4.18. The van der Waals surface area contributed by atoms with Gasteiger partial charge in [0.15, 0.2) is 12.4 Å². The number of aryl methyl sites for hydroxylation is 1. The highest BCUT2D eigenvalue weighted by molar-refractivity contribution is 7.51. The lowest BCUT2D eigenvalue weighted by atomic mass is 10.2. The van der Waals surface area contributed by atoms with Gasteiger partial charge in [-0.05, 0) is 38.6 Å². The average Bonchev–Trinajstić information content (AvgIpc) is 2.70. The van der Waals surface area contributed by atoms with E-state index in [1.165, 1.54) is 19.8 Å². The second-order valence-electron chi connectivity index (χ2n) is 6.05. The molecule has 0 aliphatic carbocycles. The monoisotopic (exact) mass is 426 g/mol. The highest BCUT2D eigenvalue weighted by Gasteiger charge is 2.05. The van der Waals surface area contributed by atoms with Crippen LogP contribution in [0, 0.1) is 11.3 Å². The predicted octanol–water partition coefficient (Wildman–Crippen LogP) is 3.23. The molecule has 0 unspecified atom stereocenters. The Bertz CT molecular complexity index is 682. The molecule has 0 fully saturated rings. The summed E-state index contributed by atoms with van der Waals surface area (Å²) < 4.78 is 16.9. The Kier molecular flexibility index (Phi) is 19.8. The molecule has 1 rings (SSSR count). The summed E-state index contributed by atoms with van der Waals surface area (Å²) in [5, 5.41) is 12.0. The maximum absolute atomic E-state index is 9.69. The summed E-state index contributed by atoms with van der Waals surface area (Å²) in [5.74, 6) is 0. The van der Waals surface area contributed by atoms with Gasteiger partial charge in [0.05, 0.1) is 6.61 Å². The number of rotatable bonds is 7. The van der Waals surface area contributed by atoms with Gasteiger partial charge >= 0.3 is 7.60 Å². The number of nitriles is 1. The summed E-state index contributed by atoms with van der Waals surface area (Å²) in [5.41, 5.74) is 1.72. The predicted molar refractivity (Wildman–Crippen MR) is 117 cm³/mol. The Balaban J connectivity index is 0. The molecule has 3 N–H and O–H groups in total. The second-order valence-corrected chi connectivity index (χ2v) is 8.01. The number of hydrogen-bond donors (Lipinski definition) is 3. The van der Waals surface area contributed by atoms with Crippen molar-refractivity contribution in [3.63, 3.8) is 0 Å². The number of ether oxygens (including phenoxy) is 1.